The molecule has 0 bridgehead atoms. The second-order valence-electron chi connectivity index (χ2n) is 5.66. The molecular weight excluding hydrogens is 281 g/mol. The van der Waals surface area contributed by atoms with E-state index in [1.54, 1.807) is 17.8 Å². The van der Waals surface area contributed by atoms with Gasteiger partial charge in [0.25, 0.3) is 0 Å². The zero-order valence-electron chi connectivity index (χ0n) is 12.8. The zero-order chi connectivity index (χ0) is 15.2. The molecule has 0 spiro atoms. The Bertz CT molecular complexity index is 596. The van der Waals surface area contributed by atoms with Crippen molar-refractivity contribution in [2.75, 3.05) is 6.54 Å². The third-order valence-corrected chi connectivity index (χ3v) is 4.24. The van der Waals surface area contributed by atoms with E-state index in [0.29, 0.717) is 12.5 Å². The van der Waals surface area contributed by atoms with Crippen LogP contribution >= 0.6 is 11.8 Å². The van der Waals surface area contributed by atoms with Crippen LogP contribution in [0.25, 0.3) is 0 Å². The van der Waals surface area contributed by atoms with E-state index >= 15 is 0 Å². The van der Waals surface area contributed by atoms with Crippen LogP contribution in [0.3, 0.4) is 0 Å². The number of rotatable bonds is 6. The number of hydrogen-bond acceptors (Lipinski definition) is 2. The Hall–Kier alpha value is -1.32. The van der Waals surface area contributed by atoms with Crippen molar-refractivity contribution in [3.63, 3.8) is 0 Å². The molecule has 0 fully saturated rings. The van der Waals surface area contributed by atoms with E-state index in [1.165, 1.54) is 11.6 Å². The van der Waals surface area contributed by atoms with Crippen LogP contribution in [0.2, 0.25) is 0 Å². The number of hydrogen-bond donors (Lipinski definition) is 1. The van der Waals surface area contributed by atoms with E-state index in [1.807, 2.05) is 12.1 Å². The van der Waals surface area contributed by atoms with Gasteiger partial charge in [-0.05, 0) is 43.7 Å². The Morgan fingerprint density at radius 3 is 2.62 bits per heavy atom. The molecule has 2 aromatic carbocycles. The summed E-state index contributed by atoms with van der Waals surface area (Å²) in [7, 11) is 0. The highest BCUT2D eigenvalue weighted by Gasteiger charge is 2.10. The summed E-state index contributed by atoms with van der Waals surface area (Å²) in [6, 6.07) is 13.6. The maximum absolute atomic E-state index is 14.1. The minimum atomic E-state index is -0.135. The summed E-state index contributed by atoms with van der Waals surface area (Å²) in [5.74, 6) is 0.425. The molecule has 1 N–H and O–H groups in total. The van der Waals surface area contributed by atoms with Crippen LogP contribution in [0.1, 0.15) is 25.0 Å². The molecule has 0 saturated heterocycles. The van der Waals surface area contributed by atoms with Crippen molar-refractivity contribution >= 4 is 11.8 Å². The van der Waals surface area contributed by atoms with Crippen LogP contribution in [-0.4, -0.2) is 6.54 Å². The van der Waals surface area contributed by atoms with Gasteiger partial charge < -0.3 is 5.32 Å². The number of halogens is 1. The fraction of sp³-hybridized carbons (Fsp3) is 0.333. The molecule has 2 rings (SSSR count). The summed E-state index contributed by atoms with van der Waals surface area (Å²) >= 11 is 1.62. The summed E-state index contributed by atoms with van der Waals surface area (Å²) in [5.41, 5.74) is 1.97. The first kappa shape index (κ1) is 16.1. The lowest BCUT2D eigenvalue weighted by Gasteiger charge is -2.13. The molecule has 0 unspecified atom stereocenters. The minimum absolute atomic E-state index is 0.135. The van der Waals surface area contributed by atoms with Crippen LogP contribution in [0.5, 0.6) is 0 Å². The molecule has 112 valence electrons. The lowest BCUT2D eigenvalue weighted by Crippen LogP contribution is -2.20. The Labute approximate surface area is 131 Å². The van der Waals surface area contributed by atoms with Gasteiger partial charge >= 0.3 is 0 Å². The minimum Gasteiger partial charge on any atom is -0.312 e. The highest BCUT2D eigenvalue weighted by molar-refractivity contribution is 7.99. The van der Waals surface area contributed by atoms with Crippen molar-refractivity contribution in [2.24, 2.45) is 5.92 Å². The van der Waals surface area contributed by atoms with E-state index in [0.717, 1.165) is 21.9 Å². The van der Waals surface area contributed by atoms with Gasteiger partial charge in [0.1, 0.15) is 5.82 Å². The van der Waals surface area contributed by atoms with E-state index in [4.69, 9.17) is 0 Å². The maximum Gasteiger partial charge on any atom is 0.128 e. The van der Waals surface area contributed by atoms with Crippen molar-refractivity contribution in [3.8, 4) is 0 Å². The van der Waals surface area contributed by atoms with Gasteiger partial charge in [0.2, 0.25) is 0 Å². The van der Waals surface area contributed by atoms with Crippen LogP contribution in [-0.2, 0) is 6.54 Å². The molecule has 0 aliphatic heterocycles. The van der Waals surface area contributed by atoms with Crippen LogP contribution in [0.4, 0.5) is 4.39 Å². The maximum atomic E-state index is 14.1. The van der Waals surface area contributed by atoms with Crippen molar-refractivity contribution in [1.82, 2.24) is 5.32 Å². The standard InChI is InChI=1S/C18H22FNS/c1-13(2)11-20-12-16-17(19)8-5-9-18(16)21-15-7-4-6-14(3)10-15/h4-10,13,20H,11-12H2,1-3H3. The predicted octanol–water partition coefficient (Wildman–Crippen LogP) is 5.03. The smallest absolute Gasteiger partial charge is 0.128 e. The second-order valence-corrected chi connectivity index (χ2v) is 6.78. The highest BCUT2D eigenvalue weighted by Crippen LogP contribution is 2.32. The molecule has 1 nitrogen and oxygen atoms in total. The topological polar surface area (TPSA) is 12.0 Å². The summed E-state index contributed by atoms with van der Waals surface area (Å²) < 4.78 is 14.1. The molecule has 0 atom stereocenters. The molecule has 0 saturated carbocycles. The quantitative estimate of drug-likeness (QED) is 0.803. The Kier molecular flexibility index (Phi) is 5.83. The van der Waals surface area contributed by atoms with Gasteiger partial charge in [0.15, 0.2) is 0 Å². The average Bonchev–Trinajstić information content (AvgIpc) is 2.41. The van der Waals surface area contributed by atoms with Gasteiger partial charge in [-0.1, -0.05) is 49.4 Å². The molecule has 0 aromatic heterocycles. The van der Waals surface area contributed by atoms with Crippen LogP contribution < -0.4 is 5.32 Å². The zero-order valence-corrected chi connectivity index (χ0v) is 13.6. The first-order chi connectivity index (χ1) is 10.1. The summed E-state index contributed by atoms with van der Waals surface area (Å²) in [6.45, 7) is 7.83. The largest absolute Gasteiger partial charge is 0.312 e. The SMILES string of the molecule is Cc1cccc(Sc2cccc(F)c2CNCC(C)C)c1. The fourth-order valence-corrected chi connectivity index (χ4v) is 3.18. The number of nitrogens with one attached hydrogen (secondary N) is 1. The Morgan fingerprint density at radius 1 is 1.14 bits per heavy atom. The number of benzene rings is 2. The molecular formula is C18H22FNS. The summed E-state index contributed by atoms with van der Waals surface area (Å²) in [4.78, 5) is 2.13. The lowest BCUT2D eigenvalue weighted by molar-refractivity contribution is 0.530. The predicted molar refractivity (Wildman–Crippen MR) is 88.2 cm³/mol. The van der Waals surface area contributed by atoms with Gasteiger partial charge in [-0.3, -0.25) is 0 Å². The monoisotopic (exact) mass is 303 g/mol. The average molecular weight is 303 g/mol. The normalized spacial score (nSPS) is 11.1. The van der Waals surface area contributed by atoms with Gasteiger partial charge in [-0.25, -0.2) is 4.39 Å². The highest BCUT2D eigenvalue weighted by atomic mass is 32.2. The fourth-order valence-electron chi connectivity index (χ4n) is 2.10. The molecule has 2 aromatic rings. The molecule has 0 radical (unpaired) electrons. The van der Waals surface area contributed by atoms with Crippen molar-refractivity contribution in [1.29, 1.82) is 0 Å². The van der Waals surface area contributed by atoms with Crippen molar-refractivity contribution in [3.05, 3.63) is 59.4 Å². The van der Waals surface area contributed by atoms with Crippen molar-refractivity contribution in [2.45, 2.75) is 37.1 Å². The van der Waals surface area contributed by atoms with Crippen LogP contribution in [0, 0.1) is 18.7 Å². The van der Waals surface area contributed by atoms with E-state index in [-0.39, 0.29) is 5.82 Å². The second kappa shape index (κ2) is 7.62. The third kappa shape index (κ3) is 4.87. The molecule has 21 heavy (non-hydrogen) atoms. The molecule has 3 heteroatoms. The van der Waals surface area contributed by atoms with Crippen molar-refractivity contribution < 1.29 is 4.39 Å². The van der Waals surface area contributed by atoms with Gasteiger partial charge in [0.05, 0.1) is 0 Å². The van der Waals surface area contributed by atoms with E-state index in [2.05, 4.69) is 44.3 Å². The molecule has 0 aliphatic rings. The van der Waals surface area contributed by atoms with E-state index in [9.17, 15) is 4.39 Å². The Morgan fingerprint density at radius 2 is 1.90 bits per heavy atom. The third-order valence-electron chi connectivity index (χ3n) is 3.15. The molecule has 0 heterocycles. The van der Waals surface area contributed by atoms with Gasteiger partial charge in [-0.15, -0.1) is 0 Å². The molecule has 0 amide bonds. The first-order valence-corrected chi connectivity index (χ1v) is 8.10. The Balaban J connectivity index is 2.16. The lowest BCUT2D eigenvalue weighted by atomic mass is 10.2. The summed E-state index contributed by atoms with van der Waals surface area (Å²) in [6.07, 6.45) is 0. The first-order valence-electron chi connectivity index (χ1n) is 7.29. The van der Waals surface area contributed by atoms with E-state index < -0.39 is 0 Å². The van der Waals surface area contributed by atoms with Gasteiger partial charge in [-0.2, -0.15) is 0 Å². The van der Waals surface area contributed by atoms with Crippen LogP contribution in [0.15, 0.2) is 52.3 Å². The van der Waals surface area contributed by atoms with Gasteiger partial charge in [0, 0.05) is 21.9 Å². The number of aryl methyl sites for hydroxylation is 1. The molecule has 0 aliphatic carbocycles. The summed E-state index contributed by atoms with van der Waals surface area (Å²) in [5, 5.41) is 3.33.